The topological polar surface area (TPSA) is 86.2 Å². The molecular weight excluding hydrogens is 312 g/mol. The Labute approximate surface area is 141 Å². The van der Waals surface area contributed by atoms with Crippen molar-refractivity contribution in [1.29, 1.82) is 0 Å². The second-order valence-corrected chi connectivity index (χ2v) is 5.30. The molecule has 1 aromatic carbocycles. The van der Waals surface area contributed by atoms with Gasteiger partial charge in [0, 0.05) is 12.3 Å². The second-order valence-electron chi connectivity index (χ2n) is 5.30. The van der Waals surface area contributed by atoms with Crippen LogP contribution < -0.4 is 10.1 Å². The van der Waals surface area contributed by atoms with Crippen LogP contribution in [0.15, 0.2) is 29.3 Å². The predicted molar refractivity (Wildman–Crippen MR) is 88.3 cm³/mol. The van der Waals surface area contributed by atoms with Crippen LogP contribution in [0.3, 0.4) is 0 Å². The number of urea groups is 1. The number of amides is 2. The molecule has 1 aliphatic rings. The summed E-state index contributed by atoms with van der Waals surface area (Å²) in [6.07, 6.45) is 0. The molecule has 7 nitrogen and oxygen atoms in total. The number of methoxy groups -OCH3 is 1. The molecule has 1 N–H and O–H groups in total. The van der Waals surface area contributed by atoms with E-state index in [-0.39, 0.29) is 6.61 Å². The first-order valence-corrected chi connectivity index (χ1v) is 7.80. The Kier molecular flexibility index (Phi) is 6.31. The fourth-order valence-electron chi connectivity index (χ4n) is 2.57. The Morgan fingerprint density at radius 2 is 2.12 bits per heavy atom. The fraction of sp³-hybridized carbons (Fsp3) is 0.471. The first-order valence-electron chi connectivity index (χ1n) is 7.80. The lowest BCUT2D eigenvalue weighted by molar-refractivity contribution is -0.148. The number of nitrogens with one attached hydrogen (secondary N) is 1. The molecule has 0 spiro atoms. The molecule has 2 amide bonds. The Balaban J connectivity index is 2.21. The van der Waals surface area contributed by atoms with E-state index in [1.807, 2.05) is 13.0 Å². The maximum Gasteiger partial charge on any atom is 0.341 e. The summed E-state index contributed by atoms with van der Waals surface area (Å²) in [6, 6.07) is 6.18. The Morgan fingerprint density at radius 1 is 1.33 bits per heavy atom. The van der Waals surface area contributed by atoms with Gasteiger partial charge in [-0.3, -0.25) is 4.79 Å². The van der Waals surface area contributed by atoms with Crippen LogP contribution in [0.25, 0.3) is 0 Å². The van der Waals surface area contributed by atoms with E-state index in [2.05, 4.69) is 10.3 Å². The molecule has 0 aliphatic carbocycles. The molecule has 1 aromatic rings. The smallest absolute Gasteiger partial charge is 0.341 e. The molecule has 0 saturated carbocycles. The van der Waals surface area contributed by atoms with Crippen LogP contribution in [-0.4, -0.2) is 44.6 Å². The molecule has 0 fully saturated rings. The highest BCUT2D eigenvalue weighted by Crippen LogP contribution is 2.29. The van der Waals surface area contributed by atoms with Crippen LogP contribution in [0.1, 0.15) is 25.5 Å². The number of benzene rings is 1. The highest BCUT2D eigenvalue weighted by atomic mass is 16.6. The van der Waals surface area contributed by atoms with Crippen molar-refractivity contribution >= 4 is 17.7 Å². The van der Waals surface area contributed by atoms with E-state index in [0.29, 0.717) is 24.7 Å². The SMILES string of the molecule is CCOCCOC(=O)C1C(C)=NC(=O)NC1c1cccc(OC)c1. The first-order chi connectivity index (χ1) is 11.6. The summed E-state index contributed by atoms with van der Waals surface area (Å²) in [5, 5.41) is 2.73. The van der Waals surface area contributed by atoms with E-state index in [4.69, 9.17) is 14.2 Å². The monoisotopic (exact) mass is 334 g/mol. The van der Waals surface area contributed by atoms with E-state index in [1.54, 1.807) is 32.2 Å². The number of ether oxygens (including phenoxy) is 3. The van der Waals surface area contributed by atoms with Crippen LogP contribution in [0.2, 0.25) is 0 Å². The first kappa shape index (κ1) is 17.9. The van der Waals surface area contributed by atoms with Crippen molar-refractivity contribution < 1.29 is 23.8 Å². The van der Waals surface area contributed by atoms with Crippen molar-refractivity contribution in [1.82, 2.24) is 5.32 Å². The van der Waals surface area contributed by atoms with Gasteiger partial charge in [-0.15, -0.1) is 0 Å². The lowest BCUT2D eigenvalue weighted by atomic mass is 9.88. The quantitative estimate of drug-likeness (QED) is 0.610. The zero-order chi connectivity index (χ0) is 17.5. The van der Waals surface area contributed by atoms with Crippen molar-refractivity contribution in [3.63, 3.8) is 0 Å². The minimum absolute atomic E-state index is 0.162. The Morgan fingerprint density at radius 3 is 2.83 bits per heavy atom. The molecule has 7 heteroatoms. The average molecular weight is 334 g/mol. The van der Waals surface area contributed by atoms with Gasteiger partial charge in [0.15, 0.2) is 0 Å². The van der Waals surface area contributed by atoms with Gasteiger partial charge in [-0.1, -0.05) is 12.1 Å². The molecule has 2 atom stereocenters. The number of rotatable bonds is 7. The van der Waals surface area contributed by atoms with Gasteiger partial charge in [-0.2, -0.15) is 0 Å². The zero-order valence-corrected chi connectivity index (χ0v) is 14.1. The lowest BCUT2D eigenvalue weighted by Gasteiger charge is -2.29. The van der Waals surface area contributed by atoms with Gasteiger partial charge >= 0.3 is 12.0 Å². The standard InChI is InChI=1S/C17H22N2O5/c1-4-23-8-9-24-16(20)14-11(2)18-17(21)19-15(14)12-6-5-7-13(10-12)22-3/h5-7,10,14-15H,4,8-9H2,1-3H3,(H,19,21). The normalized spacial score (nSPS) is 20.1. The molecule has 1 aliphatic heterocycles. The van der Waals surface area contributed by atoms with E-state index in [9.17, 15) is 9.59 Å². The van der Waals surface area contributed by atoms with Crippen molar-refractivity contribution in [2.75, 3.05) is 26.9 Å². The lowest BCUT2D eigenvalue weighted by Crippen LogP contribution is -2.44. The summed E-state index contributed by atoms with van der Waals surface area (Å²) in [7, 11) is 1.56. The predicted octanol–water partition coefficient (Wildman–Crippen LogP) is 2.12. The minimum Gasteiger partial charge on any atom is -0.497 e. The van der Waals surface area contributed by atoms with Gasteiger partial charge in [-0.05, 0) is 31.5 Å². The third kappa shape index (κ3) is 4.32. The minimum atomic E-state index is -0.684. The Bertz CT molecular complexity index is 629. The highest BCUT2D eigenvalue weighted by molar-refractivity contribution is 6.08. The summed E-state index contributed by atoms with van der Waals surface area (Å²) < 4.78 is 15.6. The number of carbonyl (C=O) groups excluding carboxylic acids is 2. The fourth-order valence-corrected chi connectivity index (χ4v) is 2.57. The van der Waals surface area contributed by atoms with Crippen LogP contribution in [0, 0.1) is 5.92 Å². The third-order valence-electron chi connectivity index (χ3n) is 3.72. The summed E-state index contributed by atoms with van der Waals surface area (Å²) in [5.41, 5.74) is 1.18. The third-order valence-corrected chi connectivity index (χ3v) is 3.72. The van der Waals surface area contributed by atoms with Gasteiger partial charge in [0.25, 0.3) is 0 Å². The number of nitrogens with zero attached hydrogens (tertiary/aromatic N) is 1. The van der Waals surface area contributed by atoms with Crippen LogP contribution in [-0.2, 0) is 14.3 Å². The van der Waals surface area contributed by atoms with Crippen molar-refractivity contribution in [3.8, 4) is 5.75 Å². The molecule has 24 heavy (non-hydrogen) atoms. The number of esters is 1. The number of carbonyl (C=O) groups is 2. The van der Waals surface area contributed by atoms with Gasteiger partial charge in [0.1, 0.15) is 18.3 Å². The molecule has 0 saturated heterocycles. The number of hydrogen-bond donors (Lipinski definition) is 1. The Hall–Kier alpha value is -2.41. The van der Waals surface area contributed by atoms with Crippen LogP contribution in [0.4, 0.5) is 4.79 Å². The largest absolute Gasteiger partial charge is 0.497 e. The van der Waals surface area contributed by atoms with Crippen LogP contribution in [0.5, 0.6) is 5.75 Å². The van der Waals surface area contributed by atoms with Gasteiger partial charge in [-0.25, -0.2) is 9.79 Å². The van der Waals surface area contributed by atoms with E-state index >= 15 is 0 Å². The van der Waals surface area contributed by atoms with Crippen molar-refractivity contribution in [3.05, 3.63) is 29.8 Å². The van der Waals surface area contributed by atoms with Crippen molar-refractivity contribution in [2.24, 2.45) is 10.9 Å². The molecule has 2 unspecified atom stereocenters. The molecular formula is C17H22N2O5. The highest BCUT2D eigenvalue weighted by Gasteiger charge is 2.38. The summed E-state index contributed by atoms with van der Waals surface area (Å²) in [4.78, 5) is 28.1. The van der Waals surface area contributed by atoms with Crippen LogP contribution >= 0.6 is 0 Å². The van der Waals surface area contributed by atoms with E-state index in [0.717, 1.165) is 5.56 Å². The van der Waals surface area contributed by atoms with E-state index < -0.39 is 24.0 Å². The summed E-state index contributed by atoms with van der Waals surface area (Å²) in [5.74, 6) is -0.481. The summed E-state index contributed by atoms with van der Waals surface area (Å²) >= 11 is 0. The maximum absolute atomic E-state index is 12.5. The molecule has 0 bridgehead atoms. The average Bonchev–Trinajstić information content (AvgIpc) is 2.58. The second kappa shape index (κ2) is 8.44. The molecule has 130 valence electrons. The molecule has 1 heterocycles. The number of aliphatic imine (C=N–C) groups is 1. The maximum atomic E-state index is 12.5. The molecule has 0 radical (unpaired) electrons. The van der Waals surface area contributed by atoms with E-state index in [1.165, 1.54) is 0 Å². The van der Waals surface area contributed by atoms with Gasteiger partial charge in [0.2, 0.25) is 0 Å². The molecule has 2 rings (SSSR count). The summed E-state index contributed by atoms with van der Waals surface area (Å²) in [6.45, 7) is 4.58. The zero-order valence-electron chi connectivity index (χ0n) is 14.1. The van der Waals surface area contributed by atoms with Crippen molar-refractivity contribution in [2.45, 2.75) is 19.9 Å². The molecule has 0 aromatic heterocycles. The van der Waals surface area contributed by atoms with Gasteiger partial charge in [0.05, 0.1) is 19.8 Å². The number of hydrogen-bond acceptors (Lipinski definition) is 5. The van der Waals surface area contributed by atoms with Gasteiger partial charge < -0.3 is 19.5 Å².